The van der Waals surface area contributed by atoms with Crippen molar-refractivity contribution in [2.75, 3.05) is 6.61 Å². The normalized spacial score (nSPS) is 11.6. The highest BCUT2D eigenvalue weighted by molar-refractivity contribution is 6.40. The molecule has 2 amide bonds. The number of nitrogens with zero attached hydrogens (tertiary/aromatic N) is 1. The first-order chi connectivity index (χ1) is 23.9. The summed E-state index contributed by atoms with van der Waals surface area (Å²) in [6.45, 7) is 4.98. The second-order valence-corrected chi connectivity index (χ2v) is 12.0. The molecule has 4 rings (SSSR count). The van der Waals surface area contributed by atoms with Crippen LogP contribution in [0.5, 0.6) is 5.75 Å². The van der Waals surface area contributed by atoms with Crippen molar-refractivity contribution in [2.45, 2.75) is 51.5 Å². The van der Waals surface area contributed by atoms with Crippen LogP contribution in [0.1, 0.15) is 60.3 Å². The van der Waals surface area contributed by atoms with Gasteiger partial charge >= 0.3 is 18.0 Å². The highest BCUT2D eigenvalue weighted by Crippen LogP contribution is 2.27. The Balaban J connectivity index is 1.37. The van der Waals surface area contributed by atoms with Gasteiger partial charge in [0.15, 0.2) is 6.10 Å². The number of carbonyl (C=O) groups excluding carboxylic acids is 4. The molecule has 4 aromatic carbocycles. The molecule has 0 aromatic heterocycles. The highest BCUT2D eigenvalue weighted by Gasteiger charge is 2.28. The first-order valence-electron chi connectivity index (χ1n) is 15.6. The quantitative estimate of drug-likeness (QED) is 0.0496. The Morgan fingerprint density at radius 1 is 0.800 bits per heavy atom. The number of benzene rings is 4. The Morgan fingerprint density at radius 3 is 1.92 bits per heavy atom. The lowest BCUT2D eigenvalue weighted by Gasteiger charge is -2.24. The van der Waals surface area contributed by atoms with Crippen molar-refractivity contribution in [2.24, 2.45) is 0 Å². The van der Waals surface area contributed by atoms with Gasteiger partial charge in [-0.1, -0.05) is 60.7 Å². The molecule has 0 aliphatic rings. The van der Waals surface area contributed by atoms with Crippen LogP contribution in [-0.2, 0) is 30.5 Å². The van der Waals surface area contributed by atoms with E-state index in [2.05, 4.69) is 10.8 Å². The molecule has 2 N–H and O–H groups in total. The van der Waals surface area contributed by atoms with Gasteiger partial charge in [-0.25, -0.2) is 19.9 Å². The second-order valence-electron chi connectivity index (χ2n) is 12.0. The van der Waals surface area contributed by atoms with Gasteiger partial charge in [-0.2, -0.15) is 0 Å². The summed E-state index contributed by atoms with van der Waals surface area (Å²) in [6.07, 6.45) is -0.733. The van der Waals surface area contributed by atoms with Crippen LogP contribution >= 0.6 is 0 Å². The number of nitro groups is 1. The molecule has 0 aliphatic carbocycles. The number of hydroxylamine groups is 1. The van der Waals surface area contributed by atoms with Crippen LogP contribution in [0.3, 0.4) is 0 Å². The summed E-state index contributed by atoms with van der Waals surface area (Å²) in [6, 6.07) is 27.7. The number of amides is 2. The number of urea groups is 1. The Kier molecular flexibility index (Phi) is 12.8. The van der Waals surface area contributed by atoms with Crippen molar-refractivity contribution in [3.63, 3.8) is 0 Å². The van der Waals surface area contributed by atoms with E-state index in [0.29, 0.717) is 11.3 Å². The maximum atomic E-state index is 13.6. The monoisotopic (exact) mass is 683 g/mol. The molecule has 0 saturated heterocycles. The molecule has 50 heavy (non-hydrogen) atoms. The van der Waals surface area contributed by atoms with Crippen molar-refractivity contribution in [3.05, 3.63) is 142 Å². The van der Waals surface area contributed by atoms with Gasteiger partial charge in [-0.3, -0.25) is 19.7 Å². The Morgan fingerprint density at radius 2 is 1.38 bits per heavy atom. The zero-order chi connectivity index (χ0) is 36.1. The minimum absolute atomic E-state index is 0.00766. The lowest BCUT2D eigenvalue weighted by molar-refractivity contribution is -0.384. The summed E-state index contributed by atoms with van der Waals surface area (Å²) in [5.74, 6) is -2.35. The summed E-state index contributed by atoms with van der Waals surface area (Å²) in [5, 5.41) is 13.4. The molecule has 13 nitrogen and oxygen atoms in total. The average molecular weight is 684 g/mol. The number of hydrogen-bond donors (Lipinski definition) is 2. The number of rotatable bonds is 15. The molecular weight excluding hydrogens is 646 g/mol. The summed E-state index contributed by atoms with van der Waals surface area (Å²) < 4.78 is 16.8. The predicted octanol–water partition coefficient (Wildman–Crippen LogP) is 6.02. The number of carbonyl (C=O) groups is 4. The molecule has 0 aliphatic heterocycles. The fraction of sp³-hybridized carbons (Fsp3) is 0.243. The molecular formula is C37H37N3O10. The van der Waals surface area contributed by atoms with E-state index in [1.54, 1.807) is 20.8 Å². The van der Waals surface area contributed by atoms with Crippen LogP contribution in [0, 0.1) is 10.1 Å². The predicted molar refractivity (Wildman–Crippen MR) is 181 cm³/mol. The number of Topliss-reactive ketones (excluding diaryl/α,β-unsaturated/α-hetero) is 1. The molecule has 1 atom stereocenters. The number of nitro benzene ring substituents is 1. The zero-order valence-corrected chi connectivity index (χ0v) is 27.7. The first-order valence-corrected chi connectivity index (χ1v) is 15.6. The third-order valence-electron chi connectivity index (χ3n) is 6.97. The summed E-state index contributed by atoms with van der Waals surface area (Å²) in [5.41, 5.74) is 3.52. The van der Waals surface area contributed by atoms with Crippen molar-refractivity contribution in [1.29, 1.82) is 0 Å². The molecule has 0 bridgehead atoms. The standard InChI is InChI=1S/C37H37N3O10/c1-37(2,3)50-39-36(44)38-31(34(42)49-33(27-10-6-4-7-11-27)28-12-8-5-9-13-28)22-23-47-30-20-16-26(17-21-30)32(41)35(43)48-24-25-14-18-29(19-15-25)40(45)46/h4-21,31,33H,22-24H2,1-3H3,(H2,38,39,44). The van der Waals surface area contributed by atoms with Crippen LogP contribution in [0.2, 0.25) is 0 Å². The van der Waals surface area contributed by atoms with Crippen molar-refractivity contribution < 1.29 is 43.1 Å². The Hall–Kier alpha value is -6.08. The van der Waals surface area contributed by atoms with Gasteiger partial charge in [0.2, 0.25) is 0 Å². The Bertz CT molecular complexity index is 1720. The smallest absolute Gasteiger partial charge is 0.380 e. The first kappa shape index (κ1) is 36.8. The number of hydrogen-bond acceptors (Lipinski definition) is 10. The zero-order valence-electron chi connectivity index (χ0n) is 27.7. The van der Waals surface area contributed by atoms with E-state index in [1.807, 2.05) is 60.7 Å². The Labute approximate surface area is 288 Å². The van der Waals surface area contributed by atoms with Crippen LogP contribution in [-0.4, -0.2) is 46.9 Å². The summed E-state index contributed by atoms with van der Waals surface area (Å²) >= 11 is 0. The van der Waals surface area contributed by atoms with Crippen molar-refractivity contribution in [1.82, 2.24) is 10.8 Å². The molecule has 260 valence electrons. The minimum Gasteiger partial charge on any atom is -0.494 e. The van der Waals surface area contributed by atoms with Gasteiger partial charge in [-0.15, -0.1) is 0 Å². The number of ketones is 1. The number of nitrogens with one attached hydrogen (secondary N) is 2. The van der Waals surface area contributed by atoms with Crippen LogP contribution in [0.15, 0.2) is 109 Å². The molecule has 4 aromatic rings. The third kappa shape index (κ3) is 11.3. The molecule has 0 radical (unpaired) electrons. The van der Waals surface area contributed by atoms with Gasteiger partial charge < -0.3 is 19.5 Å². The minimum atomic E-state index is -1.14. The number of ether oxygens (including phenoxy) is 3. The van der Waals surface area contributed by atoms with E-state index in [4.69, 9.17) is 19.0 Å². The highest BCUT2D eigenvalue weighted by atomic mass is 16.7. The average Bonchev–Trinajstić information content (AvgIpc) is 3.12. The van der Waals surface area contributed by atoms with Crippen molar-refractivity contribution >= 4 is 29.4 Å². The van der Waals surface area contributed by atoms with E-state index >= 15 is 0 Å². The van der Waals surface area contributed by atoms with E-state index in [9.17, 15) is 29.3 Å². The number of non-ortho nitro benzene ring substituents is 1. The molecule has 1 unspecified atom stereocenters. The molecule has 13 heteroatoms. The van der Waals surface area contributed by atoms with E-state index < -0.39 is 46.4 Å². The maximum Gasteiger partial charge on any atom is 0.380 e. The van der Waals surface area contributed by atoms with E-state index in [1.165, 1.54) is 48.5 Å². The van der Waals surface area contributed by atoms with Gasteiger partial charge in [0.05, 0.1) is 17.1 Å². The fourth-order valence-electron chi connectivity index (χ4n) is 4.46. The molecule has 0 heterocycles. The number of esters is 2. The van der Waals surface area contributed by atoms with E-state index in [0.717, 1.165) is 11.1 Å². The fourth-order valence-corrected chi connectivity index (χ4v) is 4.46. The lowest BCUT2D eigenvalue weighted by Crippen LogP contribution is -2.49. The van der Waals surface area contributed by atoms with Gasteiger partial charge in [0.25, 0.3) is 11.5 Å². The summed E-state index contributed by atoms with van der Waals surface area (Å²) in [4.78, 5) is 66.8. The van der Waals surface area contributed by atoms with Gasteiger partial charge in [0.1, 0.15) is 18.4 Å². The van der Waals surface area contributed by atoms with E-state index in [-0.39, 0.29) is 30.9 Å². The molecule has 0 saturated carbocycles. The summed E-state index contributed by atoms with van der Waals surface area (Å²) in [7, 11) is 0. The topological polar surface area (TPSA) is 172 Å². The molecule has 0 fully saturated rings. The van der Waals surface area contributed by atoms with Gasteiger partial charge in [-0.05, 0) is 73.9 Å². The third-order valence-corrected chi connectivity index (χ3v) is 6.97. The van der Waals surface area contributed by atoms with Gasteiger partial charge in [0, 0.05) is 24.1 Å². The second kappa shape index (κ2) is 17.4. The van der Waals surface area contributed by atoms with Crippen molar-refractivity contribution in [3.8, 4) is 5.75 Å². The van der Waals surface area contributed by atoms with Crippen LogP contribution < -0.4 is 15.5 Å². The largest absolute Gasteiger partial charge is 0.494 e. The maximum absolute atomic E-state index is 13.6. The lowest BCUT2D eigenvalue weighted by atomic mass is 10.0. The SMILES string of the molecule is CC(C)(C)ONC(=O)NC(CCOc1ccc(C(=O)C(=O)OCc2ccc([N+](=O)[O-])cc2)cc1)C(=O)OC(c1ccccc1)c1ccccc1. The van der Waals surface area contributed by atoms with Crippen LogP contribution in [0.4, 0.5) is 10.5 Å². The van der Waals surface area contributed by atoms with Crippen LogP contribution in [0.25, 0.3) is 0 Å². The molecule has 0 spiro atoms.